The topological polar surface area (TPSA) is 56.1 Å². The number of rotatable bonds is 5. The van der Waals surface area contributed by atoms with E-state index in [4.69, 9.17) is 5.26 Å². The molecule has 3 aromatic rings. The first kappa shape index (κ1) is 18.2. The lowest BCUT2D eigenvalue weighted by molar-refractivity contribution is 0.189. The molecule has 0 saturated heterocycles. The number of amides is 2. The predicted octanol–water partition coefficient (Wildman–Crippen LogP) is 5.35. The van der Waals surface area contributed by atoms with Crippen LogP contribution in [0.5, 0.6) is 0 Å². The van der Waals surface area contributed by atoms with Crippen LogP contribution in [0, 0.1) is 11.3 Å². The van der Waals surface area contributed by atoms with E-state index in [1.807, 2.05) is 67.6 Å². The van der Waals surface area contributed by atoms with E-state index in [9.17, 15) is 4.79 Å². The molecule has 0 saturated carbocycles. The number of hydrogen-bond acceptors (Lipinski definition) is 2. The number of nitriles is 1. The van der Waals surface area contributed by atoms with Gasteiger partial charge in [0.15, 0.2) is 0 Å². The Morgan fingerprint density at radius 2 is 1.67 bits per heavy atom. The van der Waals surface area contributed by atoms with Gasteiger partial charge in [-0.25, -0.2) is 4.79 Å². The number of anilines is 1. The SMILES string of the molecule is CC(c1ccccc1)N(Cc1ccccc1)C(=O)Nc1cccc(C#N)c1. The minimum absolute atomic E-state index is 0.106. The number of carbonyl (C=O) groups is 1. The first-order valence-electron chi connectivity index (χ1n) is 8.84. The van der Waals surface area contributed by atoms with Crippen LogP contribution in [-0.2, 0) is 6.54 Å². The van der Waals surface area contributed by atoms with Gasteiger partial charge in [0.25, 0.3) is 0 Å². The number of benzene rings is 3. The van der Waals surface area contributed by atoms with Crippen molar-refractivity contribution >= 4 is 11.7 Å². The lowest BCUT2D eigenvalue weighted by atomic mass is 10.1. The lowest BCUT2D eigenvalue weighted by Gasteiger charge is -2.30. The van der Waals surface area contributed by atoms with Gasteiger partial charge in [0.1, 0.15) is 0 Å². The second-order valence-electron chi connectivity index (χ2n) is 6.32. The van der Waals surface area contributed by atoms with Gasteiger partial charge in [0, 0.05) is 12.2 Å². The Morgan fingerprint density at radius 3 is 2.33 bits per heavy atom. The smallest absolute Gasteiger partial charge is 0.313 e. The molecule has 0 aliphatic carbocycles. The molecule has 1 unspecified atom stereocenters. The Morgan fingerprint density at radius 1 is 1.00 bits per heavy atom. The van der Waals surface area contributed by atoms with Crippen LogP contribution in [-0.4, -0.2) is 10.9 Å². The zero-order valence-corrected chi connectivity index (χ0v) is 15.2. The minimum atomic E-state index is -0.203. The average Bonchev–Trinajstić information content (AvgIpc) is 2.73. The van der Waals surface area contributed by atoms with Crippen molar-refractivity contribution in [3.8, 4) is 6.07 Å². The van der Waals surface area contributed by atoms with Gasteiger partial charge in [-0.3, -0.25) is 0 Å². The van der Waals surface area contributed by atoms with Crippen LogP contribution in [0.15, 0.2) is 84.9 Å². The highest BCUT2D eigenvalue weighted by Crippen LogP contribution is 2.23. The first-order chi connectivity index (χ1) is 13.2. The average molecular weight is 355 g/mol. The maximum Gasteiger partial charge on any atom is 0.322 e. The molecular weight excluding hydrogens is 334 g/mol. The van der Waals surface area contributed by atoms with Gasteiger partial charge in [-0.15, -0.1) is 0 Å². The Hall–Kier alpha value is -3.58. The fraction of sp³-hybridized carbons (Fsp3) is 0.130. The van der Waals surface area contributed by atoms with Crippen LogP contribution in [0.4, 0.5) is 10.5 Å². The summed E-state index contributed by atoms with van der Waals surface area (Å²) in [5, 5.41) is 12.0. The van der Waals surface area contributed by atoms with E-state index in [-0.39, 0.29) is 12.1 Å². The molecule has 134 valence electrons. The number of nitrogens with one attached hydrogen (secondary N) is 1. The van der Waals surface area contributed by atoms with Crippen LogP contribution in [0.25, 0.3) is 0 Å². The van der Waals surface area contributed by atoms with Crippen molar-refractivity contribution in [2.45, 2.75) is 19.5 Å². The number of carbonyl (C=O) groups excluding carboxylic acids is 1. The molecule has 0 aromatic heterocycles. The maximum atomic E-state index is 13.1. The van der Waals surface area contributed by atoms with Gasteiger partial charge >= 0.3 is 6.03 Å². The van der Waals surface area contributed by atoms with Gasteiger partial charge in [-0.05, 0) is 36.2 Å². The summed E-state index contributed by atoms with van der Waals surface area (Å²) in [4.78, 5) is 14.9. The summed E-state index contributed by atoms with van der Waals surface area (Å²) in [6, 6.07) is 28.6. The fourth-order valence-corrected chi connectivity index (χ4v) is 2.94. The van der Waals surface area contributed by atoms with Crippen molar-refractivity contribution in [2.24, 2.45) is 0 Å². The van der Waals surface area contributed by atoms with Crippen molar-refractivity contribution in [3.05, 3.63) is 102 Å². The van der Waals surface area contributed by atoms with Gasteiger partial charge in [-0.2, -0.15) is 5.26 Å². The second-order valence-corrected chi connectivity index (χ2v) is 6.32. The summed E-state index contributed by atoms with van der Waals surface area (Å²) in [5.41, 5.74) is 3.24. The van der Waals surface area contributed by atoms with Gasteiger partial charge in [-0.1, -0.05) is 66.7 Å². The normalized spacial score (nSPS) is 11.3. The van der Waals surface area contributed by atoms with Crippen LogP contribution >= 0.6 is 0 Å². The van der Waals surface area contributed by atoms with Gasteiger partial charge in [0.05, 0.1) is 17.7 Å². The van der Waals surface area contributed by atoms with Crippen LogP contribution < -0.4 is 5.32 Å². The molecule has 0 aliphatic heterocycles. The third-order valence-corrected chi connectivity index (χ3v) is 4.45. The summed E-state index contributed by atoms with van der Waals surface area (Å²) in [5.74, 6) is 0. The van der Waals surface area contributed by atoms with E-state index in [0.717, 1.165) is 11.1 Å². The molecule has 0 aliphatic rings. The fourth-order valence-electron chi connectivity index (χ4n) is 2.94. The van der Waals surface area contributed by atoms with E-state index in [2.05, 4.69) is 11.4 Å². The third kappa shape index (κ3) is 4.74. The zero-order chi connectivity index (χ0) is 19.1. The van der Waals surface area contributed by atoms with E-state index < -0.39 is 0 Å². The monoisotopic (exact) mass is 355 g/mol. The summed E-state index contributed by atoms with van der Waals surface area (Å²) in [7, 11) is 0. The highest BCUT2D eigenvalue weighted by molar-refractivity contribution is 5.89. The molecular formula is C23H21N3O. The van der Waals surface area contributed by atoms with Crippen molar-refractivity contribution in [1.82, 2.24) is 4.90 Å². The number of urea groups is 1. The molecule has 0 fully saturated rings. The molecule has 4 heteroatoms. The Bertz CT molecular complexity index is 933. The van der Waals surface area contributed by atoms with E-state index in [1.165, 1.54) is 0 Å². The Balaban J connectivity index is 1.86. The van der Waals surface area contributed by atoms with Crippen molar-refractivity contribution in [2.75, 3.05) is 5.32 Å². The standard InChI is InChI=1S/C23H21N3O/c1-18(21-12-6-3-7-13-21)26(17-19-9-4-2-5-10-19)23(27)25-22-14-8-11-20(15-22)16-24/h2-15,18H,17H2,1H3,(H,25,27). The maximum absolute atomic E-state index is 13.1. The summed E-state index contributed by atoms with van der Waals surface area (Å²) in [6.45, 7) is 2.50. The number of hydrogen-bond donors (Lipinski definition) is 1. The van der Waals surface area contributed by atoms with Gasteiger partial charge < -0.3 is 10.2 Å². The molecule has 1 atom stereocenters. The molecule has 1 N–H and O–H groups in total. The molecule has 0 heterocycles. The minimum Gasteiger partial charge on any atom is -0.313 e. The molecule has 4 nitrogen and oxygen atoms in total. The number of nitrogens with zero attached hydrogens (tertiary/aromatic N) is 2. The van der Waals surface area contributed by atoms with Crippen molar-refractivity contribution in [1.29, 1.82) is 5.26 Å². The zero-order valence-electron chi connectivity index (χ0n) is 15.2. The largest absolute Gasteiger partial charge is 0.322 e. The highest BCUT2D eigenvalue weighted by Gasteiger charge is 2.22. The molecule has 0 spiro atoms. The van der Waals surface area contributed by atoms with Crippen LogP contribution in [0.2, 0.25) is 0 Å². The molecule has 3 rings (SSSR count). The second kappa shape index (κ2) is 8.68. The van der Waals surface area contributed by atoms with E-state index >= 15 is 0 Å². The van der Waals surface area contributed by atoms with Crippen molar-refractivity contribution in [3.63, 3.8) is 0 Å². The molecule has 2 amide bonds. The Labute approximate surface area is 159 Å². The molecule has 27 heavy (non-hydrogen) atoms. The summed E-state index contributed by atoms with van der Waals surface area (Å²) in [6.07, 6.45) is 0. The van der Waals surface area contributed by atoms with Crippen molar-refractivity contribution < 1.29 is 4.79 Å². The summed E-state index contributed by atoms with van der Waals surface area (Å²) < 4.78 is 0. The molecule has 0 bridgehead atoms. The van der Waals surface area contributed by atoms with Gasteiger partial charge in [0.2, 0.25) is 0 Å². The molecule has 0 radical (unpaired) electrons. The summed E-state index contributed by atoms with van der Waals surface area (Å²) >= 11 is 0. The van der Waals surface area contributed by atoms with E-state index in [0.29, 0.717) is 17.8 Å². The van der Waals surface area contributed by atoms with Crippen LogP contribution in [0.1, 0.15) is 29.7 Å². The van der Waals surface area contributed by atoms with Crippen LogP contribution in [0.3, 0.4) is 0 Å². The van der Waals surface area contributed by atoms with E-state index in [1.54, 1.807) is 29.2 Å². The first-order valence-corrected chi connectivity index (χ1v) is 8.84. The molecule has 3 aromatic carbocycles. The third-order valence-electron chi connectivity index (χ3n) is 4.45. The quantitative estimate of drug-likeness (QED) is 0.670. The predicted molar refractivity (Wildman–Crippen MR) is 107 cm³/mol. The highest BCUT2D eigenvalue weighted by atomic mass is 16.2. The lowest BCUT2D eigenvalue weighted by Crippen LogP contribution is -2.36. The Kier molecular flexibility index (Phi) is 5.86.